The number of rotatable bonds is 4. The second-order valence-electron chi connectivity index (χ2n) is 5.85. The van der Waals surface area contributed by atoms with Crippen LogP contribution in [0.25, 0.3) is 0 Å². The van der Waals surface area contributed by atoms with Gasteiger partial charge in [-0.2, -0.15) is 18.3 Å². The highest BCUT2D eigenvalue weighted by Crippen LogP contribution is 2.32. The van der Waals surface area contributed by atoms with Gasteiger partial charge in [0.1, 0.15) is 5.82 Å². The zero-order valence-corrected chi connectivity index (χ0v) is 17.7. The Balaban J connectivity index is 0.00000364. The maximum atomic E-state index is 13.2. The number of hydrogen-bond acceptors (Lipinski definition) is 2. The van der Waals surface area contributed by atoms with Gasteiger partial charge in [0.15, 0.2) is 5.96 Å². The number of hydrogen-bond donors (Lipinski definition) is 2. The van der Waals surface area contributed by atoms with Crippen molar-refractivity contribution in [2.24, 2.45) is 12.0 Å². The minimum atomic E-state index is -4.63. The van der Waals surface area contributed by atoms with Crippen LogP contribution < -0.4 is 10.6 Å². The molecule has 0 bridgehead atoms. The largest absolute Gasteiger partial charge is 0.416 e. The smallest absolute Gasteiger partial charge is 0.352 e. The van der Waals surface area contributed by atoms with Crippen molar-refractivity contribution in [1.82, 2.24) is 20.4 Å². The first-order chi connectivity index (χ1) is 12.1. The number of halogens is 5. The minimum Gasteiger partial charge on any atom is -0.352 e. The van der Waals surface area contributed by atoms with Crippen LogP contribution in [0.5, 0.6) is 0 Å². The van der Waals surface area contributed by atoms with Gasteiger partial charge in [-0.1, -0.05) is 6.07 Å². The highest BCUT2D eigenvalue weighted by atomic mass is 127. The van der Waals surface area contributed by atoms with Gasteiger partial charge in [-0.15, -0.1) is 24.0 Å². The molecule has 0 aliphatic rings. The molecule has 0 aliphatic heterocycles. The van der Waals surface area contributed by atoms with Gasteiger partial charge in [0.25, 0.3) is 0 Å². The van der Waals surface area contributed by atoms with Gasteiger partial charge >= 0.3 is 6.18 Å². The van der Waals surface area contributed by atoms with Crippen molar-refractivity contribution in [3.63, 3.8) is 0 Å². The third-order valence-electron chi connectivity index (χ3n) is 4.14. The van der Waals surface area contributed by atoms with E-state index in [-0.39, 0.29) is 36.1 Å². The second-order valence-corrected chi connectivity index (χ2v) is 5.85. The number of guanidine groups is 1. The van der Waals surface area contributed by atoms with E-state index in [0.717, 1.165) is 29.1 Å². The fourth-order valence-electron chi connectivity index (χ4n) is 2.61. The molecule has 0 amide bonds. The highest BCUT2D eigenvalue weighted by Gasteiger charge is 2.33. The lowest BCUT2D eigenvalue weighted by Crippen LogP contribution is -2.37. The normalized spacial score (nSPS) is 11.9. The van der Waals surface area contributed by atoms with E-state index >= 15 is 0 Å². The number of aliphatic imine (C=N–C) groups is 1. The molecule has 27 heavy (non-hydrogen) atoms. The van der Waals surface area contributed by atoms with E-state index in [0.29, 0.717) is 18.6 Å². The van der Waals surface area contributed by atoms with Crippen molar-refractivity contribution in [2.75, 3.05) is 7.05 Å². The summed E-state index contributed by atoms with van der Waals surface area (Å²) < 4.78 is 54.1. The number of aryl methyl sites for hydroxylation is 2. The third-order valence-corrected chi connectivity index (χ3v) is 4.14. The van der Waals surface area contributed by atoms with E-state index in [4.69, 9.17) is 0 Å². The van der Waals surface area contributed by atoms with E-state index < -0.39 is 17.6 Å². The van der Waals surface area contributed by atoms with Gasteiger partial charge in [-0.25, -0.2) is 4.39 Å². The average Bonchev–Trinajstić information content (AvgIpc) is 2.80. The van der Waals surface area contributed by atoms with Gasteiger partial charge in [-0.05, 0) is 31.5 Å². The van der Waals surface area contributed by atoms with Crippen molar-refractivity contribution >= 4 is 29.9 Å². The number of alkyl halides is 3. The van der Waals surface area contributed by atoms with Crippen LogP contribution in [-0.4, -0.2) is 22.8 Å². The molecule has 0 fully saturated rings. The monoisotopic (exact) mass is 499 g/mol. The summed E-state index contributed by atoms with van der Waals surface area (Å²) in [5, 5.41) is 10.2. The van der Waals surface area contributed by atoms with E-state index in [1.165, 1.54) is 7.05 Å². The van der Waals surface area contributed by atoms with Crippen LogP contribution in [0.1, 0.15) is 28.1 Å². The van der Waals surface area contributed by atoms with Gasteiger partial charge in [0, 0.05) is 38.4 Å². The molecule has 0 unspecified atom stereocenters. The molecule has 1 heterocycles. The summed E-state index contributed by atoms with van der Waals surface area (Å²) in [4.78, 5) is 4.01. The maximum Gasteiger partial charge on any atom is 0.416 e. The first-order valence-corrected chi connectivity index (χ1v) is 7.92. The summed E-state index contributed by atoms with van der Waals surface area (Å²) in [6, 6.07) is 2.62. The predicted octanol–water partition coefficient (Wildman–Crippen LogP) is 3.68. The molecule has 2 N–H and O–H groups in total. The lowest BCUT2D eigenvalue weighted by atomic mass is 10.1. The van der Waals surface area contributed by atoms with Gasteiger partial charge in [0.2, 0.25) is 0 Å². The Kier molecular flexibility index (Phi) is 8.05. The first kappa shape index (κ1) is 23.2. The molecule has 0 saturated heterocycles. The van der Waals surface area contributed by atoms with Crippen LogP contribution in [0.3, 0.4) is 0 Å². The van der Waals surface area contributed by atoms with E-state index in [1.807, 2.05) is 20.9 Å². The quantitative estimate of drug-likeness (QED) is 0.292. The second kappa shape index (κ2) is 9.38. The summed E-state index contributed by atoms with van der Waals surface area (Å²) in [5.74, 6) is -0.587. The molecule has 0 aliphatic carbocycles. The Hall–Kier alpha value is -1.85. The molecule has 1 aromatic carbocycles. The number of nitrogens with one attached hydrogen (secondary N) is 2. The van der Waals surface area contributed by atoms with Crippen LogP contribution in [0, 0.1) is 19.7 Å². The first-order valence-electron chi connectivity index (χ1n) is 7.92. The predicted molar refractivity (Wildman–Crippen MR) is 107 cm³/mol. The molecule has 0 radical (unpaired) electrons. The van der Waals surface area contributed by atoms with E-state index in [9.17, 15) is 17.6 Å². The zero-order chi connectivity index (χ0) is 19.5. The molecule has 5 nitrogen and oxygen atoms in total. The number of aromatic nitrogens is 2. The van der Waals surface area contributed by atoms with Crippen molar-refractivity contribution < 1.29 is 17.6 Å². The van der Waals surface area contributed by atoms with Crippen LogP contribution in [-0.2, 0) is 26.3 Å². The fraction of sp³-hybridized carbons (Fsp3) is 0.412. The van der Waals surface area contributed by atoms with Crippen LogP contribution >= 0.6 is 24.0 Å². The molecule has 150 valence electrons. The van der Waals surface area contributed by atoms with Crippen LogP contribution in [0.4, 0.5) is 17.6 Å². The molecule has 0 atom stereocenters. The van der Waals surface area contributed by atoms with Gasteiger partial charge in [-0.3, -0.25) is 9.67 Å². The molecule has 0 saturated carbocycles. The Morgan fingerprint density at radius 3 is 2.33 bits per heavy atom. The Bertz CT molecular complexity index is 814. The lowest BCUT2D eigenvalue weighted by molar-refractivity contribution is -0.138. The molecule has 2 rings (SSSR count). The summed E-state index contributed by atoms with van der Waals surface area (Å²) in [6.07, 6.45) is -4.63. The number of benzene rings is 1. The third kappa shape index (κ3) is 5.81. The average molecular weight is 499 g/mol. The Morgan fingerprint density at radius 2 is 1.81 bits per heavy atom. The number of nitrogens with zero attached hydrogens (tertiary/aromatic N) is 3. The molecule has 2 aromatic rings. The van der Waals surface area contributed by atoms with Crippen molar-refractivity contribution in [2.45, 2.75) is 33.1 Å². The van der Waals surface area contributed by atoms with Crippen molar-refractivity contribution in [3.8, 4) is 0 Å². The molecule has 0 spiro atoms. The SMILES string of the molecule is CN=C(NCc1ccc(F)cc1C(F)(F)F)NCc1c(C)nn(C)c1C.I. The topological polar surface area (TPSA) is 54.2 Å². The lowest BCUT2D eigenvalue weighted by Gasteiger charge is -2.16. The summed E-state index contributed by atoms with van der Waals surface area (Å²) >= 11 is 0. The summed E-state index contributed by atoms with van der Waals surface area (Å²) in [7, 11) is 3.36. The zero-order valence-electron chi connectivity index (χ0n) is 15.4. The fourth-order valence-corrected chi connectivity index (χ4v) is 2.61. The molecule has 1 aromatic heterocycles. The summed E-state index contributed by atoms with van der Waals surface area (Å²) in [6.45, 7) is 4.11. The van der Waals surface area contributed by atoms with Gasteiger partial charge < -0.3 is 10.6 Å². The van der Waals surface area contributed by atoms with E-state index in [2.05, 4.69) is 20.7 Å². The summed E-state index contributed by atoms with van der Waals surface area (Å²) in [5.41, 5.74) is 1.79. The Labute approximate surface area is 172 Å². The van der Waals surface area contributed by atoms with Crippen LogP contribution in [0.15, 0.2) is 23.2 Å². The van der Waals surface area contributed by atoms with Crippen molar-refractivity contribution in [1.29, 1.82) is 0 Å². The Morgan fingerprint density at radius 1 is 1.19 bits per heavy atom. The van der Waals surface area contributed by atoms with Gasteiger partial charge in [0.05, 0.1) is 11.3 Å². The highest BCUT2D eigenvalue weighted by molar-refractivity contribution is 14.0. The van der Waals surface area contributed by atoms with Crippen molar-refractivity contribution in [3.05, 3.63) is 52.1 Å². The minimum absolute atomic E-state index is 0. The molecule has 10 heteroatoms. The van der Waals surface area contributed by atoms with E-state index in [1.54, 1.807) is 4.68 Å². The molecular formula is C17H22F4IN5. The standard InChI is InChI=1S/C17H21F4N5.HI/c1-10-14(11(2)26(4)25-10)9-24-16(22-3)23-8-12-5-6-13(18)7-15(12)17(19,20)21;/h5-7H,8-9H2,1-4H3,(H2,22,23,24);1H. The maximum absolute atomic E-state index is 13.2. The molecular weight excluding hydrogens is 477 g/mol. The van der Waals surface area contributed by atoms with Crippen LogP contribution in [0.2, 0.25) is 0 Å².